The van der Waals surface area contributed by atoms with E-state index in [0.717, 1.165) is 5.75 Å². The van der Waals surface area contributed by atoms with Gasteiger partial charge in [0, 0.05) is 0 Å². The number of ether oxygens (including phenoxy) is 1. The number of hydrogen-bond acceptors (Lipinski definition) is 1. The maximum absolute atomic E-state index is 5.26. The van der Waals surface area contributed by atoms with Crippen LogP contribution in [0, 0.1) is 0 Å². The molecule has 1 nitrogen and oxygen atoms in total. The Morgan fingerprint density at radius 2 is 1.72 bits per heavy atom. The van der Waals surface area contributed by atoms with Gasteiger partial charge < -0.3 is 4.74 Å². The molecule has 0 bridgehead atoms. The molecule has 18 heavy (non-hydrogen) atoms. The van der Waals surface area contributed by atoms with Gasteiger partial charge in [0.1, 0.15) is 5.75 Å². The van der Waals surface area contributed by atoms with Gasteiger partial charge in [0.05, 0.1) is 7.11 Å². The zero-order chi connectivity index (χ0) is 12.5. The lowest BCUT2D eigenvalue weighted by atomic mass is 9.99. The van der Waals surface area contributed by atoms with E-state index in [1.807, 2.05) is 6.07 Å². The van der Waals surface area contributed by atoms with Crippen molar-refractivity contribution in [2.24, 2.45) is 0 Å². The third kappa shape index (κ3) is 1.90. The molecule has 0 fully saturated rings. The number of methoxy groups -OCH3 is 1. The Morgan fingerprint density at radius 1 is 0.944 bits per heavy atom. The van der Waals surface area contributed by atoms with Gasteiger partial charge in [-0.05, 0) is 66.3 Å². The number of benzene rings is 2. The molecule has 0 amide bonds. The van der Waals surface area contributed by atoms with Crippen LogP contribution in [0.1, 0.15) is 31.7 Å². The maximum Gasteiger partial charge on any atom is 0.119 e. The second kappa shape index (κ2) is 4.49. The average molecular weight is 238 g/mol. The Kier molecular flexibility index (Phi) is 2.83. The molecule has 2 aromatic rings. The molecule has 0 saturated heterocycles. The monoisotopic (exact) mass is 238 g/mol. The van der Waals surface area contributed by atoms with E-state index in [1.54, 1.807) is 18.3 Å². The minimum Gasteiger partial charge on any atom is -0.497 e. The fourth-order valence-corrected chi connectivity index (χ4v) is 2.82. The highest BCUT2D eigenvalue weighted by Gasteiger charge is 2.12. The standard InChI is InChI=1S/C17H18O/c1-12-4-3-5-17(12)15-7-6-14-11-16(18-2)9-8-13(14)10-15/h6-11H,3-5H2,1-2H3. The van der Waals surface area contributed by atoms with E-state index in [4.69, 9.17) is 4.74 Å². The minimum absolute atomic E-state index is 0.923. The van der Waals surface area contributed by atoms with Crippen molar-refractivity contribution >= 4 is 16.3 Å². The average Bonchev–Trinajstić information content (AvgIpc) is 2.84. The Morgan fingerprint density at radius 3 is 2.44 bits per heavy atom. The van der Waals surface area contributed by atoms with Crippen LogP contribution in [0.3, 0.4) is 0 Å². The SMILES string of the molecule is COc1ccc2cc(C3=C(C)CCC3)ccc2c1. The summed E-state index contributed by atoms with van der Waals surface area (Å²) in [5, 5.41) is 2.54. The predicted octanol–water partition coefficient (Wildman–Crippen LogP) is 4.81. The lowest BCUT2D eigenvalue weighted by Gasteiger charge is -2.07. The van der Waals surface area contributed by atoms with Gasteiger partial charge in [0.25, 0.3) is 0 Å². The van der Waals surface area contributed by atoms with E-state index in [0.29, 0.717) is 0 Å². The molecule has 0 aromatic heterocycles. The van der Waals surface area contributed by atoms with E-state index in [9.17, 15) is 0 Å². The summed E-state index contributed by atoms with van der Waals surface area (Å²) in [4.78, 5) is 0. The van der Waals surface area contributed by atoms with Crippen LogP contribution in [0.25, 0.3) is 16.3 Å². The summed E-state index contributed by atoms with van der Waals surface area (Å²) in [6.07, 6.45) is 3.80. The van der Waals surface area contributed by atoms with Crippen molar-refractivity contribution in [2.75, 3.05) is 7.11 Å². The van der Waals surface area contributed by atoms with E-state index >= 15 is 0 Å². The Hall–Kier alpha value is -1.76. The highest BCUT2D eigenvalue weighted by molar-refractivity contribution is 5.88. The number of rotatable bonds is 2. The first-order valence-corrected chi connectivity index (χ1v) is 6.55. The summed E-state index contributed by atoms with van der Waals surface area (Å²) >= 11 is 0. The van der Waals surface area contributed by atoms with Crippen molar-refractivity contribution < 1.29 is 4.74 Å². The summed E-state index contributed by atoms with van der Waals surface area (Å²) in [5.74, 6) is 0.923. The normalized spacial score (nSPS) is 15.4. The summed E-state index contributed by atoms with van der Waals surface area (Å²) < 4.78 is 5.26. The van der Waals surface area contributed by atoms with E-state index < -0.39 is 0 Å². The van der Waals surface area contributed by atoms with Crippen molar-refractivity contribution in [1.82, 2.24) is 0 Å². The molecular formula is C17H18O. The van der Waals surface area contributed by atoms with Gasteiger partial charge in [-0.25, -0.2) is 0 Å². The van der Waals surface area contributed by atoms with Crippen molar-refractivity contribution in [2.45, 2.75) is 26.2 Å². The van der Waals surface area contributed by atoms with Gasteiger partial charge >= 0.3 is 0 Å². The fraction of sp³-hybridized carbons (Fsp3) is 0.294. The maximum atomic E-state index is 5.26. The molecule has 0 spiro atoms. The van der Waals surface area contributed by atoms with Crippen molar-refractivity contribution in [3.8, 4) is 5.75 Å². The van der Waals surface area contributed by atoms with Crippen LogP contribution in [-0.4, -0.2) is 7.11 Å². The zero-order valence-corrected chi connectivity index (χ0v) is 11.0. The third-order valence-electron chi connectivity index (χ3n) is 3.89. The fourth-order valence-electron chi connectivity index (χ4n) is 2.82. The van der Waals surface area contributed by atoms with Crippen LogP contribution < -0.4 is 4.74 Å². The van der Waals surface area contributed by atoms with Gasteiger partial charge in [-0.15, -0.1) is 0 Å². The highest BCUT2D eigenvalue weighted by atomic mass is 16.5. The Labute approximate surface area is 108 Å². The van der Waals surface area contributed by atoms with Gasteiger partial charge in [-0.3, -0.25) is 0 Å². The number of allylic oxidation sites excluding steroid dienone is 2. The van der Waals surface area contributed by atoms with Crippen LogP contribution in [0.2, 0.25) is 0 Å². The lowest BCUT2D eigenvalue weighted by Crippen LogP contribution is -1.85. The predicted molar refractivity (Wildman–Crippen MR) is 76.9 cm³/mol. The van der Waals surface area contributed by atoms with Gasteiger partial charge in [-0.2, -0.15) is 0 Å². The van der Waals surface area contributed by atoms with Crippen LogP contribution in [0.4, 0.5) is 0 Å². The van der Waals surface area contributed by atoms with Crippen LogP contribution in [0.15, 0.2) is 42.0 Å². The van der Waals surface area contributed by atoms with Crippen molar-refractivity contribution in [1.29, 1.82) is 0 Å². The molecule has 1 aliphatic rings. The highest BCUT2D eigenvalue weighted by Crippen LogP contribution is 2.35. The molecule has 0 aliphatic heterocycles. The van der Waals surface area contributed by atoms with Crippen LogP contribution in [-0.2, 0) is 0 Å². The Balaban J connectivity index is 2.09. The molecule has 0 N–H and O–H groups in total. The first-order chi connectivity index (χ1) is 8.78. The molecule has 3 rings (SSSR count). The van der Waals surface area contributed by atoms with Gasteiger partial charge in [0.2, 0.25) is 0 Å². The molecule has 0 atom stereocenters. The first-order valence-electron chi connectivity index (χ1n) is 6.55. The second-order valence-corrected chi connectivity index (χ2v) is 5.04. The third-order valence-corrected chi connectivity index (χ3v) is 3.89. The van der Waals surface area contributed by atoms with Crippen molar-refractivity contribution in [3.63, 3.8) is 0 Å². The van der Waals surface area contributed by atoms with Gasteiger partial charge in [-0.1, -0.05) is 23.8 Å². The first kappa shape index (κ1) is 11.3. The lowest BCUT2D eigenvalue weighted by molar-refractivity contribution is 0.415. The summed E-state index contributed by atoms with van der Waals surface area (Å²) in [5.41, 5.74) is 4.50. The summed E-state index contributed by atoms with van der Waals surface area (Å²) in [6, 6.07) is 13.0. The second-order valence-electron chi connectivity index (χ2n) is 5.04. The molecule has 1 heteroatoms. The molecular weight excluding hydrogens is 220 g/mol. The van der Waals surface area contributed by atoms with Crippen LogP contribution >= 0.6 is 0 Å². The molecule has 92 valence electrons. The number of fused-ring (bicyclic) bond motifs is 1. The minimum atomic E-state index is 0.923. The summed E-state index contributed by atoms with van der Waals surface area (Å²) in [6.45, 7) is 2.26. The summed E-state index contributed by atoms with van der Waals surface area (Å²) in [7, 11) is 1.71. The van der Waals surface area contributed by atoms with E-state index in [2.05, 4.69) is 37.3 Å². The van der Waals surface area contributed by atoms with E-state index in [1.165, 1.54) is 35.6 Å². The largest absolute Gasteiger partial charge is 0.497 e. The molecule has 0 heterocycles. The van der Waals surface area contributed by atoms with Gasteiger partial charge in [0.15, 0.2) is 0 Å². The smallest absolute Gasteiger partial charge is 0.119 e. The zero-order valence-electron chi connectivity index (χ0n) is 11.0. The molecule has 1 aliphatic carbocycles. The Bertz CT molecular complexity index is 623. The topological polar surface area (TPSA) is 9.23 Å². The van der Waals surface area contributed by atoms with Crippen LogP contribution in [0.5, 0.6) is 5.75 Å². The molecule has 0 saturated carbocycles. The quantitative estimate of drug-likeness (QED) is 0.729. The number of hydrogen-bond donors (Lipinski definition) is 0. The molecule has 2 aromatic carbocycles. The van der Waals surface area contributed by atoms with Crippen molar-refractivity contribution in [3.05, 3.63) is 47.5 Å². The van der Waals surface area contributed by atoms with E-state index in [-0.39, 0.29) is 0 Å². The molecule has 0 radical (unpaired) electrons. The molecule has 0 unspecified atom stereocenters.